The number of hydrogen-bond acceptors (Lipinski definition) is 4. The predicted molar refractivity (Wildman–Crippen MR) is 115 cm³/mol. The Bertz CT molecular complexity index is 1060. The number of carbonyl (C=O) groups excluding carboxylic acids is 2. The minimum atomic E-state index is -0.00909. The number of aryl methyl sites for hydroxylation is 3. The van der Waals surface area contributed by atoms with Crippen molar-refractivity contribution in [3.63, 3.8) is 0 Å². The van der Waals surface area contributed by atoms with Gasteiger partial charge in [-0.25, -0.2) is 0 Å². The second kappa shape index (κ2) is 8.60. The fourth-order valence-corrected chi connectivity index (χ4v) is 3.72. The summed E-state index contributed by atoms with van der Waals surface area (Å²) in [6.45, 7) is 7.94. The standard InChI is InChI=1S/C24H28N2O3/c1-5-16-12-18(27)8-6-17(16)7-9-22(28)19-13-20-21(11-15(19)4)25-26-24(20)23(29)10-14(2)3/h6,8,11-14,27H,5,7,9-10H2,1-4H3,(H,25,26). The van der Waals surface area contributed by atoms with Crippen LogP contribution in [0, 0.1) is 12.8 Å². The van der Waals surface area contributed by atoms with E-state index in [1.54, 1.807) is 12.1 Å². The first-order valence-corrected chi connectivity index (χ1v) is 10.2. The van der Waals surface area contributed by atoms with Gasteiger partial charge in [0.25, 0.3) is 0 Å². The van der Waals surface area contributed by atoms with Gasteiger partial charge in [-0.1, -0.05) is 26.8 Å². The number of H-pyrrole nitrogens is 1. The summed E-state index contributed by atoms with van der Waals surface area (Å²) in [5.41, 5.74) is 4.83. The second-order valence-electron chi connectivity index (χ2n) is 8.04. The zero-order valence-electron chi connectivity index (χ0n) is 17.5. The molecular formula is C24H28N2O3. The Morgan fingerprint density at radius 3 is 2.55 bits per heavy atom. The number of phenolic OH excluding ortho intramolecular Hbond substituents is 1. The molecule has 0 radical (unpaired) electrons. The van der Waals surface area contributed by atoms with E-state index in [9.17, 15) is 14.7 Å². The van der Waals surface area contributed by atoms with Gasteiger partial charge in [-0.3, -0.25) is 14.7 Å². The molecule has 5 nitrogen and oxygen atoms in total. The maximum Gasteiger partial charge on any atom is 0.183 e. The minimum Gasteiger partial charge on any atom is -0.508 e. The Kier molecular flexibility index (Phi) is 6.16. The average Bonchev–Trinajstić information content (AvgIpc) is 3.08. The van der Waals surface area contributed by atoms with Gasteiger partial charge in [-0.05, 0) is 66.6 Å². The fraction of sp³-hybridized carbons (Fsp3) is 0.375. The Morgan fingerprint density at radius 1 is 1.10 bits per heavy atom. The van der Waals surface area contributed by atoms with E-state index in [1.807, 2.05) is 45.9 Å². The zero-order valence-corrected chi connectivity index (χ0v) is 17.5. The maximum absolute atomic E-state index is 13.0. The van der Waals surface area contributed by atoms with Crippen LogP contribution >= 0.6 is 0 Å². The van der Waals surface area contributed by atoms with Crippen LogP contribution in [0.3, 0.4) is 0 Å². The smallest absolute Gasteiger partial charge is 0.183 e. The van der Waals surface area contributed by atoms with Gasteiger partial charge >= 0.3 is 0 Å². The predicted octanol–water partition coefficient (Wildman–Crippen LogP) is 5.18. The van der Waals surface area contributed by atoms with E-state index >= 15 is 0 Å². The van der Waals surface area contributed by atoms with Crippen molar-refractivity contribution in [1.29, 1.82) is 0 Å². The number of aromatic nitrogens is 2. The summed E-state index contributed by atoms with van der Waals surface area (Å²) in [6, 6.07) is 9.00. The monoisotopic (exact) mass is 392 g/mol. The van der Waals surface area contributed by atoms with Crippen LogP contribution in [0.1, 0.15) is 71.1 Å². The van der Waals surface area contributed by atoms with Crippen LogP contribution in [0.4, 0.5) is 0 Å². The summed E-state index contributed by atoms with van der Waals surface area (Å²) in [5.74, 6) is 0.531. The summed E-state index contributed by atoms with van der Waals surface area (Å²) < 4.78 is 0. The van der Waals surface area contributed by atoms with Gasteiger partial charge in [0.05, 0.1) is 5.52 Å². The molecule has 0 aliphatic carbocycles. The molecule has 3 rings (SSSR count). The zero-order chi connectivity index (χ0) is 21.1. The lowest BCUT2D eigenvalue weighted by Crippen LogP contribution is -2.06. The van der Waals surface area contributed by atoms with Gasteiger partial charge < -0.3 is 5.11 Å². The van der Waals surface area contributed by atoms with E-state index in [-0.39, 0.29) is 23.2 Å². The molecule has 0 bridgehead atoms. The molecule has 2 aromatic carbocycles. The van der Waals surface area contributed by atoms with E-state index in [0.29, 0.717) is 35.9 Å². The largest absolute Gasteiger partial charge is 0.508 e. The van der Waals surface area contributed by atoms with Crippen LogP contribution in [-0.2, 0) is 12.8 Å². The topological polar surface area (TPSA) is 83.0 Å². The highest BCUT2D eigenvalue weighted by molar-refractivity contribution is 6.09. The molecule has 29 heavy (non-hydrogen) atoms. The molecule has 0 unspecified atom stereocenters. The number of aromatic amines is 1. The highest BCUT2D eigenvalue weighted by atomic mass is 16.3. The average molecular weight is 392 g/mol. The van der Waals surface area contributed by atoms with Crippen molar-refractivity contribution >= 4 is 22.5 Å². The first kappa shape index (κ1) is 20.8. The van der Waals surface area contributed by atoms with Gasteiger partial charge in [0, 0.05) is 23.8 Å². The quantitative estimate of drug-likeness (QED) is 0.517. The molecule has 1 heterocycles. The number of Topliss-reactive ketones (excluding diaryl/α,β-unsaturated/α-hetero) is 2. The van der Waals surface area contributed by atoms with Crippen molar-refractivity contribution < 1.29 is 14.7 Å². The normalized spacial score (nSPS) is 11.3. The summed E-state index contributed by atoms with van der Waals surface area (Å²) in [7, 11) is 0. The van der Waals surface area contributed by atoms with Gasteiger partial charge in [0.15, 0.2) is 11.6 Å². The van der Waals surface area contributed by atoms with Crippen LogP contribution in [0.5, 0.6) is 5.75 Å². The fourth-order valence-electron chi connectivity index (χ4n) is 3.72. The number of fused-ring (bicyclic) bond motifs is 1. The van der Waals surface area contributed by atoms with Gasteiger partial charge in [-0.2, -0.15) is 5.10 Å². The number of benzene rings is 2. The minimum absolute atomic E-state index is 0.00909. The van der Waals surface area contributed by atoms with Crippen molar-refractivity contribution in [2.75, 3.05) is 0 Å². The van der Waals surface area contributed by atoms with E-state index in [0.717, 1.165) is 28.6 Å². The van der Waals surface area contributed by atoms with Gasteiger partial charge in [-0.15, -0.1) is 0 Å². The van der Waals surface area contributed by atoms with Crippen LogP contribution < -0.4 is 0 Å². The second-order valence-corrected chi connectivity index (χ2v) is 8.04. The van der Waals surface area contributed by atoms with Crippen molar-refractivity contribution in [2.24, 2.45) is 5.92 Å². The van der Waals surface area contributed by atoms with Crippen molar-refractivity contribution in [1.82, 2.24) is 10.2 Å². The number of carbonyl (C=O) groups is 2. The molecule has 0 spiro atoms. The molecular weight excluding hydrogens is 364 g/mol. The SMILES string of the molecule is CCc1cc(O)ccc1CCC(=O)c1cc2c(C(=O)CC(C)C)n[nH]c2cc1C. The lowest BCUT2D eigenvalue weighted by Gasteiger charge is -2.10. The highest BCUT2D eigenvalue weighted by Gasteiger charge is 2.19. The lowest BCUT2D eigenvalue weighted by molar-refractivity contribution is 0.0960. The number of hydrogen-bond donors (Lipinski definition) is 2. The molecule has 0 aliphatic heterocycles. The first-order valence-electron chi connectivity index (χ1n) is 10.2. The Balaban J connectivity index is 1.86. The Labute approximate surface area is 171 Å². The van der Waals surface area contributed by atoms with E-state index in [4.69, 9.17) is 0 Å². The van der Waals surface area contributed by atoms with Gasteiger partial charge in [0.2, 0.25) is 0 Å². The molecule has 152 valence electrons. The molecule has 3 aromatic rings. The molecule has 0 amide bonds. The highest BCUT2D eigenvalue weighted by Crippen LogP contribution is 2.25. The Hall–Kier alpha value is -2.95. The lowest BCUT2D eigenvalue weighted by atomic mass is 9.94. The number of aromatic hydroxyl groups is 1. The number of phenols is 1. The summed E-state index contributed by atoms with van der Waals surface area (Å²) in [4.78, 5) is 25.5. The number of nitrogens with one attached hydrogen (secondary N) is 1. The maximum atomic E-state index is 13.0. The Morgan fingerprint density at radius 2 is 1.86 bits per heavy atom. The number of ketones is 2. The molecule has 0 saturated heterocycles. The molecule has 0 atom stereocenters. The molecule has 0 fully saturated rings. The van der Waals surface area contributed by atoms with E-state index in [1.165, 1.54) is 0 Å². The molecule has 1 aromatic heterocycles. The van der Waals surface area contributed by atoms with Gasteiger partial charge in [0.1, 0.15) is 11.4 Å². The summed E-state index contributed by atoms with van der Waals surface area (Å²) in [6.07, 6.45) is 2.22. The van der Waals surface area contributed by atoms with Crippen molar-refractivity contribution in [2.45, 2.75) is 53.4 Å². The molecule has 0 aliphatic rings. The van der Waals surface area contributed by atoms with Crippen LogP contribution in [0.25, 0.3) is 10.9 Å². The van der Waals surface area contributed by atoms with Crippen molar-refractivity contribution in [3.8, 4) is 5.75 Å². The first-order chi connectivity index (χ1) is 13.8. The molecule has 5 heteroatoms. The third-order valence-corrected chi connectivity index (χ3v) is 5.26. The van der Waals surface area contributed by atoms with E-state index in [2.05, 4.69) is 10.2 Å². The van der Waals surface area contributed by atoms with Crippen LogP contribution in [0.2, 0.25) is 0 Å². The van der Waals surface area contributed by atoms with Crippen LogP contribution in [0.15, 0.2) is 30.3 Å². The van der Waals surface area contributed by atoms with Crippen LogP contribution in [-0.4, -0.2) is 26.9 Å². The third-order valence-electron chi connectivity index (χ3n) is 5.26. The molecule has 0 saturated carbocycles. The number of rotatable bonds is 8. The van der Waals surface area contributed by atoms with E-state index < -0.39 is 0 Å². The summed E-state index contributed by atoms with van der Waals surface area (Å²) >= 11 is 0. The number of nitrogens with zero attached hydrogens (tertiary/aromatic N) is 1. The third kappa shape index (κ3) is 4.56. The van der Waals surface area contributed by atoms with Crippen molar-refractivity contribution in [3.05, 3.63) is 58.3 Å². The molecule has 2 N–H and O–H groups in total. The summed E-state index contributed by atoms with van der Waals surface area (Å²) in [5, 5.41) is 17.5.